The van der Waals surface area contributed by atoms with Crippen molar-refractivity contribution in [2.24, 2.45) is 11.3 Å². The van der Waals surface area contributed by atoms with Crippen LogP contribution in [0.1, 0.15) is 20.3 Å². The first kappa shape index (κ1) is 11.8. The molecule has 100 valence electrons. The molecule has 1 aliphatic carbocycles. The Morgan fingerprint density at radius 3 is 3.00 bits per heavy atom. The maximum absolute atomic E-state index is 3.66. The van der Waals surface area contributed by atoms with Gasteiger partial charge in [0.15, 0.2) is 0 Å². The molecule has 3 aliphatic rings. The van der Waals surface area contributed by atoms with E-state index >= 15 is 0 Å². The molecule has 0 spiro atoms. The summed E-state index contributed by atoms with van der Waals surface area (Å²) in [6, 6.07) is 9.04. The van der Waals surface area contributed by atoms with E-state index in [1.54, 1.807) is 0 Å². The SMILES string of the molecule is CC1(C)CC2=C(Sc3ccccc3N2)C2NNCC21. The molecule has 1 aromatic carbocycles. The molecule has 2 aliphatic heterocycles. The first-order valence-electron chi connectivity index (χ1n) is 6.90. The molecule has 0 saturated carbocycles. The van der Waals surface area contributed by atoms with Crippen LogP contribution in [-0.2, 0) is 0 Å². The first-order chi connectivity index (χ1) is 9.15. The van der Waals surface area contributed by atoms with E-state index < -0.39 is 0 Å². The van der Waals surface area contributed by atoms with E-state index in [1.165, 1.54) is 21.2 Å². The minimum atomic E-state index is 0.333. The van der Waals surface area contributed by atoms with Gasteiger partial charge in [-0.1, -0.05) is 37.7 Å². The number of anilines is 1. The summed E-state index contributed by atoms with van der Waals surface area (Å²) < 4.78 is 0. The summed E-state index contributed by atoms with van der Waals surface area (Å²) in [5.74, 6) is 0.672. The van der Waals surface area contributed by atoms with Crippen LogP contribution in [-0.4, -0.2) is 12.6 Å². The minimum Gasteiger partial charge on any atom is -0.357 e. The van der Waals surface area contributed by atoms with Crippen LogP contribution in [0.3, 0.4) is 0 Å². The van der Waals surface area contributed by atoms with Gasteiger partial charge in [0.05, 0.1) is 11.7 Å². The summed E-state index contributed by atoms with van der Waals surface area (Å²) in [7, 11) is 0. The third-order valence-corrected chi connectivity index (χ3v) is 5.89. The zero-order valence-electron chi connectivity index (χ0n) is 11.3. The number of thioether (sulfide) groups is 1. The fourth-order valence-corrected chi connectivity index (χ4v) is 4.71. The first-order valence-corrected chi connectivity index (χ1v) is 7.72. The molecule has 0 aromatic heterocycles. The van der Waals surface area contributed by atoms with Gasteiger partial charge in [0.25, 0.3) is 0 Å². The molecule has 0 radical (unpaired) electrons. The monoisotopic (exact) mass is 273 g/mol. The summed E-state index contributed by atoms with van der Waals surface area (Å²) in [4.78, 5) is 2.82. The predicted octanol–water partition coefficient (Wildman–Crippen LogP) is 2.94. The zero-order valence-corrected chi connectivity index (χ0v) is 12.1. The number of rotatable bonds is 0. The number of benzene rings is 1. The van der Waals surface area contributed by atoms with E-state index in [-0.39, 0.29) is 0 Å². The molecule has 0 amide bonds. The van der Waals surface area contributed by atoms with Crippen LogP contribution < -0.4 is 16.2 Å². The molecule has 1 saturated heterocycles. The minimum absolute atomic E-state index is 0.333. The summed E-state index contributed by atoms with van der Waals surface area (Å²) in [6.07, 6.45) is 1.13. The normalized spacial score (nSPS) is 31.3. The van der Waals surface area contributed by atoms with E-state index in [9.17, 15) is 0 Å². The van der Waals surface area contributed by atoms with Crippen molar-refractivity contribution < 1.29 is 0 Å². The molecule has 3 N–H and O–H groups in total. The lowest BCUT2D eigenvalue weighted by atomic mass is 9.69. The molecule has 3 nitrogen and oxygen atoms in total. The van der Waals surface area contributed by atoms with Crippen molar-refractivity contribution >= 4 is 17.4 Å². The van der Waals surface area contributed by atoms with Gasteiger partial charge in [-0.05, 0) is 29.9 Å². The van der Waals surface area contributed by atoms with E-state index in [0.717, 1.165) is 13.0 Å². The summed E-state index contributed by atoms with van der Waals surface area (Å²) in [5.41, 5.74) is 9.82. The summed E-state index contributed by atoms with van der Waals surface area (Å²) >= 11 is 1.93. The van der Waals surface area contributed by atoms with E-state index in [1.807, 2.05) is 11.8 Å². The quantitative estimate of drug-likeness (QED) is 0.679. The average molecular weight is 273 g/mol. The van der Waals surface area contributed by atoms with Crippen molar-refractivity contribution in [2.75, 3.05) is 11.9 Å². The lowest BCUT2D eigenvalue weighted by Crippen LogP contribution is -2.43. The Morgan fingerprint density at radius 1 is 1.26 bits per heavy atom. The second-order valence-electron chi connectivity index (χ2n) is 6.34. The van der Waals surface area contributed by atoms with Gasteiger partial charge < -0.3 is 5.32 Å². The molecule has 1 aromatic rings. The maximum atomic E-state index is 3.66. The van der Waals surface area contributed by atoms with Crippen LogP contribution in [0.15, 0.2) is 39.8 Å². The summed E-state index contributed by atoms with van der Waals surface area (Å²) in [5, 5.41) is 3.66. The van der Waals surface area contributed by atoms with Gasteiger partial charge in [0.2, 0.25) is 0 Å². The van der Waals surface area contributed by atoms with Crippen molar-refractivity contribution in [2.45, 2.75) is 31.2 Å². The molecule has 2 heterocycles. The van der Waals surface area contributed by atoms with Gasteiger partial charge in [-0.2, -0.15) is 0 Å². The third kappa shape index (κ3) is 1.74. The Morgan fingerprint density at radius 2 is 2.11 bits per heavy atom. The number of para-hydroxylation sites is 1. The van der Waals surface area contributed by atoms with E-state index in [4.69, 9.17) is 0 Å². The number of fused-ring (bicyclic) bond motifs is 3. The van der Waals surface area contributed by atoms with E-state index in [2.05, 4.69) is 54.3 Å². The van der Waals surface area contributed by atoms with Crippen LogP contribution in [0.5, 0.6) is 0 Å². The van der Waals surface area contributed by atoms with Crippen molar-refractivity contribution in [3.05, 3.63) is 34.9 Å². The number of hydrazine groups is 1. The Labute approximate surface area is 118 Å². The van der Waals surface area contributed by atoms with Crippen LogP contribution in [0.2, 0.25) is 0 Å². The van der Waals surface area contributed by atoms with Gasteiger partial charge in [-0.3, -0.25) is 5.43 Å². The van der Waals surface area contributed by atoms with Crippen LogP contribution in [0, 0.1) is 11.3 Å². The average Bonchev–Trinajstić information content (AvgIpc) is 2.87. The van der Waals surface area contributed by atoms with Gasteiger partial charge in [-0.25, -0.2) is 5.43 Å². The second-order valence-corrected chi connectivity index (χ2v) is 7.42. The van der Waals surface area contributed by atoms with Gasteiger partial charge in [-0.15, -0.1) is 0 Å². The molecular formula is C15H19N3S. The number of hydrogen-bond acceptors (Lipinski definition) is 4. The van der Waals surface area contributed by atoms with Gasteiger partial charge >= 0.3 is 0 Å². The van der Waals surface area contributed by atoms with Crippen molar-refractivity contribution in [1.29, 1.82) is 0 Å². The highest BCUT2D eigenvalue weighted by Crippen LogP contribution is 2.52. The van der Waals surface area contributed by atoms with Crippen molar-refractivity contribution in [3.63, 3.8) is 0 Å². The number of hydrogen-bond donors (Lipinski definition) is 3. The van der Waals surface area contributed by atoms with Crippen LogP contribution >= 0.6 is 11.8 Å². The number of allylic oxidation sites excluding steroid dienone is 1. The standard InChI is InChI=1S/C15H19N3S/c1-15(2)7-11-14(13-9(15)8-16-18-13)19-12-6-4-3-5-10(12)17-11/h3-6,9,13,16-18H,7-8H2,1-2H3. The molecule has 19 heavy (non-hydrogen) atoms. The Bertz CT molecular complexity index is 564. The fourth-order valence-electron chi connectivity index (χ4n) is 3.51. The lowest BCUT2D eigenvalue weighted by Gasteiger charge is -2.43. The third-order valence-electron chi connectivity index (χ3n) is 4.59. The molecule has 0 bridgehead atoms. The van der Waals surface area contributed by atoms with Gasteiger partial charge in [0.1, 0.15) is 0 Å². The van der Waals surface area contributed by atoms with Crippen LogP contribution in [0.25, 0.3) is 0 Å². The molecule has 4 heteroatoms. The highest BCUT2D eigenvalue weighted by molar-refractivity contribution is 8.03. The second kappa shape index (κ2) is 4.01. The highest BCUT2D eigenvalue weighted by atomic mass is 32.2. The van der Waals surface area contributed by atoms with Gasteiger partial charge in [0, 0.05) is 22.0 Å². The molecule has 2 atom stereocenters. The van der Waals surface area contributed by atoms with Crippen molar-refractivity contribution in [1.82, 2.24) is 10.9 Å². The Kier molecular flexibility index (Phi) is 2.50. The Balaban J connectivity index is 1.77. The number of nitrogens with one attached hydrogen (secondary N) is 3. The lowest BCUT2D eigenvalue weighted by molar-refractivity contribution is 0.202. The van der Waals surface area contributed by atoms with E-state index in [0.29, 0.717) is 17.4 Å². The maximum Gasteiger partial charge on any atom is 0.0588 e. The topological polar surface area (TPSA) is 36.1 Å². The Hall–Kier alpha value is -0.970. The molecule has 4 rings (SSSR count). The molecular weight excluding hydrogens is 254 g/mol. The predicted molar refractivity (Wildman–Crippen MR) is 79.8 cm³/mol. The summed E-state index contributed by atoms with van der Waals surface area (Å²) in [6.45, 7) is 5.84. The van der Waals surface area contributed by atoms with Crippen molar-refractivity contribution in [3.8, 4) is 0 Å². The molecule has 1 fully saturated rings. The highest BCUT2D eigenvalue weighted by Gasteiger charge is 2.47. The molecule has 2 unspecified atom stereocenters. The fraction of sp³-hybridized carbons (Fsp3) is 0.467. The zero-order chi connectivity index (χ0) is 13.0. The smallest absolute Gasteiger partial charge is 0.0588 e. The van der Waals surface area contributed by atoms with Crippen LogP contribution in [0.4, 0.5) is 5.69 Å². The largest absolute Gasteiger partial charge is 0.357 e.